The van der Waals surface area contributed by atoms with Gasteiger partial charge in [0, 0.05) is 39.0 Å². The highest BCUT2D eigenvalue weighted by molar-refractivity contribution is 7.89. The average molecular weight is 468 g/mol. The van der Waals surface area contributed by atoms with Crippen molar-refractivity contribution in [1.82, 2.24) is 9.21 Å². The van der Waals surface area contributed by atoms with Gasteiger partial charge in [-0.15, -0.1) is 0 Å². The van der Waals surface area contributed by atoms with E-state index >= 15 is 0 Å². The molecule has 1 aliphatic rings. The zero-order chi connectivity index (χ0) is 23.4. The second-order valence-electron chi connectivity index (χ2n) is 7.64. The molecule has 4 rings (SSSR count). The number of benzene rings is 2. The van der Waals surface area contributed by atoms with Crippen LogP contribution in [0.1, 0.15) is 17.7 Å². The van der Waals surface area contributed by atoms with Gasteiger partial charge in [0.1, 0.15) is 23.4 Å². The van der Waals surface area contributed by atoms with Crippen LogP contribution in [0.5, 0.6) is 0 Å². The second-order valence-corrected chi connectivity index (χ2v) is 9.54. The summed E-state index contributed by atoms with van der Waals surface area (Å²) in [5, 5.41) is 9.22. The van der Waals surface area contributed by atoms with E-state index < -0.39 is 10.0 Å². The van der Waals surface area contributed by atoms with Crippen molar-refractivity contribution < 1.29 is 22.0 Å². The molecule has 170 valence electrons. The summed E-state index contributed by atoms with van der Waals surface area (Å²) in [6.45, 7) is 0.856. The monoisotopic (exact) mass is 467 g/mol. The van der Waals surface area contributed by atoms with Crippen molar-refractivity contribution in [1.29, 1.82) is 5.26 Å². The van der Waals surface area contributed by atoms with Crippen LogP contribution in [0, 0.1) is 17.1 Å². The number of piperazine rings is 1. The molecular formula is C24H22FN3O4S. The van der Waals surface area contributed by atoms with E-state index in [0.29, 0.717) is 23.5 Å². The van der Waals surface area contributed by atoms with E-state index in [1.165, 1.54) is 22.5 Å². The van der Waals surface area contributed by atoms with Crippen LogP contribution in [0.4, 0.5) is 4.39 Å². The Kier molecular flexibility index (Phi) is 6.58. The van der Waals surface area contributed by atoms with Gasteiger partial charge in [-0.3, -0.25) is 4.79 Å². The number of halogens is 1. The Bertz CT molecular complexity index is 1300. The summed E-state index contributed by atoms with van der Waals surface area (Å²) in [5.74, 6) is 0.510. The van der Waals surface area contributed by atoms with E-state index in [9.17, 15) is 22.9 Å². The maximum atomic E-state index is 13.9. The van der Waals surface area contributed by atoms with Crippen molar-refractivity contribution in [3.05, 3.63) is 77.8 Å². The van der Waals surface area contributed by atoms with E-state index in [4.69, 9.17) is 4.42 Å². The van der Waals surface area contributed by atoms with E-state index in [0.717, 1.165) is 0 Å². The highest BCUT2D eigenvalue weighted by Gasteiger charge is 2.31. The molecule has 1 saturated heterocycles. The minimum Gasteiger partial charge on any atom is -0.461 e. The van der Waals surface area contributed by atoms with Gasteiger partial charge in [-0.05, 0) is 36.4 Å². The molecule has 7 nitrogen and oxygen atoms in total. The summed E-state index contributed by atoms with van der Waals surface area (Å²) in [5.41, 5.74) is 0.467. The largest absolute Gasteiger partial charge is 0.461 e. The first-order valence-corrected chi connectivity index (χ1v) is 11.9. The zero-order valence-corrected chi connectivity index (χ0v) is 18.6. The molecule has 1 aliphatic heterocycles. The molecule has 9 heteroatoms. The molecule has 1 aromatic heterocycles. The summed E-state index contributed by atoms with van der Waals surface area (Å²) in [6, 6.07) is 17.7. The number of furan rings is 1. The number of carbonyl (C=O) groups excluding carboxylic acids is 1. The zero-order valence-electron chi connectivity index (χ0n) is 17.8. The fourth-order valence-electron chi connectivity index (χ4n) is 3.81. The van der Waals surface area contributed by atoms with E-state index in [1.54, 1.807) is 47.4 Å². The molecule has 33 heavy (non-hydrogen) atoms. The molecule has 0 saturated carbocycles. The molecule has 0 N–H and O–H groups in total. The van der Waals surface area contributed by atoms with Gasteiger partial charge in [-0.2, -0.15) is 9.57 Å². The van der Waals surface area contributed by atoms with Crippen molar-refractivity contribution in [2.75, 3.05) is 26.2 Å². The van der Waals surface area contributed by atoms with Crippen LogP contribution in [-0.2, 0) is 21.2 Å². The highest BCUT2D eigenvalue weighted by atomic mass is 32.2. The maximum absolute atomic E-state index is 13.9. The van der Waals surface area contributed by atoms with Gasteiger partial charge in [-0.1, -0.05) is 24.3 Å². The fraction of sp³-hybridized carbons (Fsp3) is 0.250. The van der Waals surface area contributed by atoms with Crippen LogP contribution in [0.15, 0.2) is 70.0 Å². The Morgan fingerprint density at radius 3 is 2.42 bits per heavy atom. The van der Waals surface area contributed by atoms with E-state index in [1.807, 2.05) is 6.07 Å². The number of nitrogens with zero attached hydrogens (tertiary/aromatic N) is 3. The molecule has 3 aromatic rings. The molecular weight excluding hydrogens is 445 g/mol. The lowest BCUT2D eigenvalue weighted by Crippen LogP contribution is -2.50. The number of aryl methyl sites for hydroxylation is 1. The van der Waals surface area contributed by atoms with Gasteiger partial charge in [0.15, 0.2) is 0 Å². The minimum atomic E-state index is -3.81. The number of amides is 1. The van der Waals surface area contributed by atoms with Crippen molar-refractivity contribution in [2.45, 2.75) is 17.7 Å². The van der Waals surface area contributed by atoms with Gasteiger partial charge >= 0.3 is 0 Å². The Balaban J connectivity index is 1.33. The van der Waals surface area contributed by atoms with Crippen LogP contribution < -0.4 is 0 Å². The average Bonchev–Trinajstić information content (AvgIpc) is 3.31. The lowest BCUT2D eigenvalue weighted by molar-refractivity contribution is -0.132. The molecule has 1 fully saturated rings. The first-order valence-electron chi connectivity index (χ1n) is 10.5. The standard InChI is InChI=1S/C24H22FN3O4S/c25-21-7-3-2-6-20(21)22-11-9-19(32-22)10-12-24(29)27-13-15-28(16-14-27)33(30,31)23-8-4-1-5-18(23)17-26/h1-9,11H,10,12-16H2. The number of hydrogen-bond acceptors (Lipinski definition) is 5. The van der Waals surface area contributed by atoms with Crippen LogP contribution in [0.3, 0.4) is 0 Å². The third kappa shape index (κ3) is 4.82. The minimum absolute atomic E-state index is 0.0178. The number of sulfonamides is 1. The molecule has 0 bridgehead atoms. The summed E-state index contributed by atoms with van der Waals surface area (Å²) in [4.78, 5) is 14.3. The van der Waals surface area contributed by atoms with Crippen molar-refractivity contribution >= 4 is 15.9 Å². The van der Waals surface area contributed by atoms with Gasteiger partial charge in [0.05, 0.1) is 16.0 Å². The quantitative estimate of drug-likeness (QED) is 0.554. The molecule has 0 unspecified atom stereocenters. The lowest BCUT2D eigenvalue weighted by Gasteiger charge is -2.34. The van der Waals surface area contributed by atoms with Crippen LogP contribution in [0.25, 0.3) is 11.3 Å². The topological polar surface area (TPSA) is 94.6 Å². The molecule has 0 radical (unpaired) electrons. The molecule has 2 aromatic carbocycles. The van der Waals surface area contributed by atoms with Crippen LogP contribution >= 0.6 is 0 Å². The molecule has 0 atom stereocenters. The normalized spacial score (nSPS) is 14.7. The summed E-state index contributed by atoms with van der Waals surface area (Å²) < 4.78 is 46.8. The van der Waals surface area contributed by atoms with Gasteiger partial charge in [0.25, 0.3) is 0 Å². The Morgan fingerprint density at radius 1 is 1.00 bits per heavy atom. The lowest BCUT2D eigenvalue weighted by atomic mass is 10.1. The third-order valence-corrected chi connectivity index (χ3v) is 7.56. The molecule has 0 aliphatic carbocycles. The Hall–Kier alpha value is -3.48. The first kappa shape index (κ1) is 22.7. The number of rotatable bonds is 6. The summed E-state index contributed by atoms with van der Waals surface area (Å²) >= 11 is 0. The van der Waals surface area contributed by atoms with Crippen molar-refractivity contribution in [2.24, 2.45) is 0 Å². The van der Waals surface area contributed by atoms with Crippen molar-refractivity contribution in [3.8, 4) is 17.4 Å². The smallest absolute Gasteiger partial charge is 0.244 e. The summed E-state index contributed by atoms with van der Waals surface area (Å²) in [7, 11) is -3.81. The third-order valence-electron chi connectivity index (χ3n) is 5.60. The van der Waals surface area contributed by atoms with Crippen LogP contribution in [0.2, 0.25) is 0 Å². The predicted octanol–water partition coefficient (Wildman–Crippen LogP) is 3.42. The van der Waals surface area contributed by atoms with Gasteiger partial charge in [0.2, 0.25) is 15.9 Å². The number of hydrogen-bond donors (Lipinski definition) is 0. The number of carbonyl (C=O) groups is 1. The highest BCUT2D eigenvalue weighted by Crippen LogP contribution is 2.26. The van der Waals surface area contributed by atoms with E-state index in [-0.39, 0.29) is 54.8 Å². The molecule has 0 spiro atoms. The van der Waals surface area contributed by atoms with Crippen LogP contribution in [-0.4, -0.2) is 49.7 Å². The molecule has 2 heterocycles. The maximum Gasteiger partial charge on any atom is 0.244 e. The van der Waals surface area contributed by atoms with Gasteiger partial charge < -0.3 is 9.32 Å². The van der Waals surface area contributed by atoms with E-state index in [2.05, 4.69) is 0 Å². The van der Waals surface area contributed by atoms with Crippen molar-refractivity contribution in [3.63, 3.8) is 0 Å². The van der Waals surface area contributed by atoms with Gasteiger partial charge in [-0.25, -0.2) is 12.8 Å². The Labute approximate surface area is 191 Å². The second kappa shape index (κ2) is 9.57. The molecule has 1 amide bonds. The fourth-order valence-corrected chi connectivity index (χ4v) is 5.37. The number of nitriles is 1. The predicted molar refractivity (Wildman–Crippen MR) is 119 cm³/mol. The Morgan fingerprint density at radius 2 is 1.70 bits per heavy atom. The first-order chi connectivity index (χ1) is 15.9. The summed E-state index contributed by atoms with van der Waals surface area (Å²) in [6.07, 6.45) is 0.565. The SMILES string of the molecule is N#Cc1ccccc1S(=O)(=O)N1CCN(C(=O)CCc2ccc(-c3ccccc3F)o2)CC1.